The Morgan fingerprint density at radius 1 is 0.312 bits per heavy atom. The lowest BCUT2D eigenvalue weighted by molar-refractivity contribution is -0.161. The van der Waals surface area contributed by atoms with E-state index in [2.05, 4.69) is 142 Å². The zero-order valence-electron chi connectivity index (χ0n) is 57.9. The van der Waals surface area contributed by atoms with Crippen LogP contribution in [0.15, 0.2) is 122 Å². The van der Waals surface area contributed by atoms with E-state index in [4.69, 9.17) is 32.3 Å². The van der Waals surface area contributed by atoms with Crippen LogP contribution in [0.4, 0.5) is 0 Å². The first-order chi connectivity index (χ1) is 45.2. The van der Waals surface area contributed by atoms with Crippen LogP contribution >= 0.6 is 15.6 Å². The number of carbonyl (C=O) groups is 3. The summed E-state index contributed by atoms with van der Waals surface area (Å²) in [5.41, 5.74) is 0. The fourth-order valence-corrected chi connectivity index (χ4v) is 10.9. The van der Waals surface area contributed by atoms with E-state index in [1.54, 1.807) is 0 Å². The maximum Gasteiger partial charge on any atom is 0.472 e. The minimum atomic E-state index is -4.93. The Kier molecular flexibility index (Phi) is 65.0. The molecule has 534 valence electrons. The zero-order valence-corrected chi connectivity index (χ0v) is 59.7. The summed E-state index contributed by atoms with van der Waals surface area (Å²) in [5.74, 6) is -1.62. The van der Waals surface area contributed by atoms with Gasteiger partial charge in [0.25, 0.3) is 0 Å². The molecule has 0 rings (SSSR count). The van der Waals surface area contributed by atoms with Crippen LogP contribution in [-0.4, -0.2) is 95.9 Å². The Labute approximate surface area is 563 Å². The van der Waals surface area contributed by atoms with E-state index in [-0.39, 0.29) is 19.3 Å². The van der Waals surface area contributed by atoms with Crippen molar-refractivity contribution in [2.24, 2.45) is 0 Å². The zero-order chi connectivity index (χ0) is 68.1. The van der Waals surface area contributed by atoms with Crippen LogP contribution in [0.2, 0.25) is 0 Å². The van der Waals surface area contributed by atoms with Crippen molar-refractivity contribution >= 4 is 33.6 Å². The first-order valence-corrected chi connectivity index (χ1v) is 38.8. The monoisotopic (exact) mass is 1350 g/mol. The molecule has 0 aromatic heterocycles. The van der Waals surface area contributed by atoms with Crippen LogP contribution < -0.4 is 0 Å². The molecule has 4 N–H and O–H groups in total. The maximum absolute atomic E-state index is 12.9. The van der Waals surface area contributed by atoms with Gasteiger partial charge < -0.3 is 34.2 Å². The number of aliphatic hydroxyl groups excluding tert-OH is 2. The molecule has 0 radical (unpaired) electrons. The number of unbranched alkanes of at least 4 members (excludes halogenated alkanes) is 24. The van der Waals surface area contributed by atoms with Gasteiger partial charge in [0.05, 0.1) is 26.4 Å². The normalized spacial score (nSPS) is 14.9. The van der Waals surface area contributed by atoms with Crippen molar-refractivity contribution in [2.75, 3.05) is 39.6 Å². The number of esters is 3. The molecule has 0 bridgehead atoms. The molecule has 0 aliphatic carbocycles. The molecular formula is C75H128O16P2. The molecule has 0 aliphatic rings. The average Bonchev–Trinajstić information content (AvgIpc) is 3.74. The Hall–Kier alpha value is -4.05. The van der Waals surface area contributed by atoms with Crippen LogP contribution in [0, 0.1) is 0 Å². The molecule has 0 aromatic carbocycles. The molecule has 0 fully saturated rings. The van der Waals surface area contributed by atoms with Crippen LogP contribution in [0.25, 0.3) is 0 Å². The number of phosphoric acid groups is 2. The summed E-state index contributed by atoms with van der Waals surface area (Å²) in [6, 6.07) is 0. The van der Waals surface area contributed by atoms with Gasteiger partial charge in [0.15, 0.2) is 6.10 Å². The van der Waals surface area contributed by atoms with Crippen molar-refractivity contribution in [1.29, 1.82) is 0 Å². The van der Waals surface area contributed by atoms with Gasteiger partial charge in [0, 0.05) is 19.3 Å². The number of hydrogen-bond acceptors (Lipinski definition) is 14. The summed E-state index contributed by atoms with van der Waals surface area (Å²) in [6.45, 7) is 2.40. The lowest BCUT2D eigenvalue weighted by Crippen LogP contribution is -2.30. The van der Waals surface area contributed by atoms with Crippen LogP contribution in [0.3, 0.4) is 0 Å². The number of carbonyl (C=O) groups excluding carboxylic acids is 3. The summed E-state index contributed by atoms with van der Waals surface area (Å²) in [7, 11) is -9.79. The predicted molar refractivity (Wildman–Crippen MR) is 380 cm³/mol. The molecule has 0 saturated carbocycles. The highest BCUT2D eigenvalue weighted by atomic mass is 31.2. The quantitative estimate of drug-likeness (QED) is 0.0146. The van der Waals surface area contributed by atoms with Gasteiger partial charge in [-0.2, -0.15) is 0 Å². The van der Waals surface area contributed by atoms with E-state index in [0.717, 1.165) is 141 Å². The molecule has 0 heterocycles. The van der Waals surface area contributed by atoms with Gasteiger partial charge in [-0.25, -0.2) is 9.13 Å². The maximum atomic E-state index is 12.9. The molecule has 93 heavy (non-hydrogen) atoms. The Morgan fingerprint density at radius 3 is 0.914 bits per heavy atom. The summed E-state index contributed by atoms with van der Waals surface area (Å²) in [4.78, 5) is 58.4. The Morgan fingerprint density at radius 2 is 0.570 bits per heavy atom. The highest BCUT2D eigenvalue weighted by Gasteiger charge is 2.29. The van der Waals surface area contributed by atoms with Gasteiger partial charge in [-0.1, -0.05) is 271 Å². The van der Waals surface area contributed by atoms with Crippen molar-refractivity contribution in [3.05, 3.63) is 122 Å². The third-order valence-electron chi connectivity index (χ3n) is 14.7. The topological polar surface area (TPSA) is 231 Å². The van der Waals surface area contributed by atoms with Crippen molar-refractivity contribution in [1.82, 2.24) is 0 Å². The highest BCUT2D eigenvalue weighted by Crippen LogP contribution is 2.45. The third kappa shape index (κ3) is 69.1. The lowest BCUT2D eigenvalue weighted by Gasteiger charge is -2.21. The molecule has 0 aliphatic heterocycles. The van der Waals surface area contributed by atoms with E-state index in [1.807, 2.05) is 0 Å². The lowest BCUT2D eigenvalue weighted by atomic mass is 10.0. The van der Waals surface area contributed by atoms with E-state index >= 15 is 0 Å². The standard InChI is InChI=1S/C75H128O16P2/c1-4-7-10-13-16-19-22-25-27-29-31-32-33-34-35-36-38-40-41-44-46-49-52-55-58-61-73(78)85-64-70(76)65-87-92(81,82)88-66-71(77)67-89-93(83,84)90-69-72(91-75(80)63-60-57-54-51-48-43-24-21-18-15-12-9-6-3)68-86-74(79)62-59-56-53-50-47-45-42-39-37-30-28-26-23-20-17-14-11-8-5-2/h7-8,10-11,16-17,19-20,25-28,31-32,34-35,37,39,45,47,70-72,76-77H,4-6,9,12-15,18,21-24,29-30,33,36,38,40-44,46,48-69H2,1-3H3,(H,81,82)(H,83,84)/b10-7-,11-8-,19-16-,20-17-,27-25-,28-26-,32-31-,35-34-,39-37-,47-45-. The molecule has 16 nitrogen and oxygen atoms in total. The average molecular weight is 1350 g/mol. The molecule has 0 saturated heterocycles. The molecule has 0 aromatic rings. The third-order valence-corrected chi connectivity index (χ3v) is 16.6. The second kappa shape index (κ2) is 67.9. The molecule has 18 heteroatoms. The predicted octanol–water partition coefficient (Wildman–Crippen LogP) is 20.2. The molecule has 0 amide bonds. The van der Waals surface area contributed by atoms with Crippen LogP contribution in [0.5, 0.6) is 0 Å². The number of aliphatic hydroxyl groups is 2. The summed E-state index contributed by atoms with van der Waals surface area (Å²) < 4.78 is 60.9. The molecule has 5 unspecified atom stereocenters. The van der Waals surface area contributed by atoms with Gasteiger partial charge in [0.1, 0.15) is 25.4 Å². The van der Waals surface area contributed by atoms with Crippen molar-refractivity contribution < 1.29 is 75.8 Å². The number of phosphoric ester groups is 2. The largest absolute Gasteiger partial charge is 0.472 e. The summed E-state index contributed by atoms with van der Waals surface area (Å²) >= 11 is 0. The fourth-order valence-electron chi connectivity index (χ4n) is 9.27. The van der Waals surface area contributed by atoms with Crippen LogP contribution in [0.1, 0.15) is 278 Å². The smallest absolute Gasteiger partial charge is 0.463 e. The van der Waals surface area contributed by atoms with Crippen molar-refractivity contribution in [2.45, 2.75) is 296 Å². The number of ether oxygens (including phenoxy) is 3. The van der Waals surface area contributed by atoms with E-state index in [9.17, 15) is 43.5 Å². The van der Waals surface area contributed by atoms with E-state index < -0.39 is 91.5 Å². The SMILES string of the molecule is CC/C=C\C/C=C\C/C=C\C/C=C\C/C=C\CCCCCCCCCCCC(=O)OCC(O)COP(=O)(O)OCC(O)COP(=O)(O)OCC(COC(=O)CCCCC/C=C\C/C=C\C/C=C\C/C=C\C/C=C\CC)OC(=O)CCCCCCCCCCCCCCC. The van der Waals surface area contributed by atoms with Crippen LogP contribution in [-0.2, 0) is 55.8 Å². The number of rotatable bonds is 67. The summed E-state index contributed by atoms with van der Waals surface area (Å²) in [6.07, 6.45) is 78.2. The van der Waals surface area contributed by atoms with Gasteiger partial charge in [-0.05, 0) is 109 Å². The molecule has 0 spiro atoms. The molecular weight excluding hydrogens is 1220 g/mol. The van der Waals surface area contributed by atoms with Gasteiger partial charge in [0.2, 0.25) is 0 Å². The Bertz CT molecular complexity index is 2180. The Balaban J connectivity index is 4.59. The highest BCUT2D eigenvalue weighted by molar-refractivity contribution is 7.47. The molecule has 5 atom stereocenters. The number of allylic oxidation sites excluding steroid dienone is 20. The summed E-state index contributed by atoms with van der Waals surface area (Å²) in [5, 5.41) is 20.6. The minimum absolute atomic E-state index is 0.0977. The van der Waals surface area contributed by atoms with Crippen molar-refractivity contribution in [3.63, 3.8) is 0 Å². The second-order valence-electron chi connectivity index (χ2n) is 23.6. The van der Waals surface area contributed by atoms with E-state index in [1.165, 1.54) is 77.0 Å². The first-order valence-electron chi connectivity index (χ1n) is 35.8. The van der Waals surface area contributed by atoms with E-state index in [0.29, 0.717) is 19.3 Å². The first kappa shape index (κ1) is 89.0. The van der Waals surface area contributed by atoms with Gasteiger partial charge in [-0.3, -0.25) is 32.5 Å². The number of hydrogen-bond donors (Lipinski definition) is 4. The minimum Gasteiger partial charge on any atom is -0.463 e. The van der Waals surface area contributed by atoms with Crippen molar-refractivity contribution in [3.8, 4) is 0 Å². The second-order valence-corrected chi connectivity index (χ2v) is 26.5. The fraction of sp³-hybridized carbons (Fsp3) is 0.693. The van der Waals surface area contributed by atoms with Gasteiger partial charge in [-0.15, -0.1) is 0 Å². The van der Waals surface area contributed by atoms with Gasteiger partial charge >= 0.3 is 33.6 Å².